The van der Waals surface area contributed by atoms with Crippen LogP contribution in [-0.4, -0.2) is 44.8 Å². The average molecular weight is 369 g/mol. The molecule has 1 unspecified atom stereocenters. The first-order valence-corrected chi connectivity index (χ1v) is 9.16. The highest BCUT2D eigenvalue weighted by atomic mass is 16.4. The van der Waals surface area contributed by atoms with Gasteiger partial charge in [-0.25, -0.2) is 4.68 Å². The smallest absolute Gasteiger partial charge is 0.303 e. The van der Waals surface area contributed by atoms with Crippen molar-refractivity contribution < 1.29 is 14.7 Å². The molecule has 1 aliphatic heterocycles. The number of aromatic nitrogens is 2. The average Bonchev–Trinajstić information content (AvgIpc) is 2.68. The molecule has 1 aromatic carbocycles. The van der Waals surface area contributed by atoms with Crippen molar-refractivity contribution >= 4 is 11.9 Å². The zero-order valence-corrected chi connectivity index (χ0v) is 15.1. The summed E-state index contributed by atoms with van der Waals surface area (Å²) in [6.45, 7) is 1.47. The molecule has 3 rings (SSSR count). The van der Waals surface area contributed by atoms with Gasteiger partial charge in [0.25, 0.3) is 11.5 Å². The van der Waals surface area contributed by atoms with Crippen LogP contribution in [0.5, 0.6) is 0 Å². The monoisotopic (exact) mass is 369 g/mol. The van der Waals surface area contributed by atoms with Crippen molar-refractivity contribution in [3.63, 3.8) is 0 Å². The highest BCUT2D eigenvalue weighted by Gasteiger charge is 2.26. The van der Waals surface area contributed by atoms with Crippen LogP contribution in [0.15, 0.2) is 47.3 Å². The third-order valence-electron chi connectivity index (χ3n) is 4.83. The molecule has 0 aliphatic carbocycles. The van der Waals surface area contributed by atoms with E-state index in [2.05, 4.69) is 5.10 Å². The number of benzene rings is 1. The van der Waals surface area contributed by atoms with Crippen LogP contribution in [0.2, 0.25) is 0 Å². The van der Waals surface area contributed by atoms with E-state index < -0.39 is 5.97 Å². The lowest BCUT2D eigenvalue weighted by atomic mass is 9.93. The van der Waals surface area contributed by atoms with Crippen LogP contribution in [-0.2, 0) is 11.3 Å². The molecule has 7 heteroatoms. The maximum absolute atomic E-state index is 12.8. The Kier molecular flexibility index (Phi) is 6.01. The Bertz CT molecular complexity index is 863. The molecule has 1 N–H and O–H groups in total. The van der Waals surface area contributed by atoms with Crippen molar-refractivity contribution in [1.29, 1.82) is 0 Å². The Morgan fingerprint density at radius 3 is 2.67 bits per heavy atom. The molecule has 1 atom stereocenters. The van der Waals surface area contributed by atoms with Crippen LogP contribution in [0.4, 0.5) is 0 Å². The number of carboxylic acids is 1. The first kappa shape index (κ1) is 18.8. The van der Waals surface area contributed by atoms with Gasteiger partial charge in [-0.3, -0.25) is 14.4 Å². The largest absolute Gasteiger partial charge is 0.481 e. The number of likely N-dealkylation sites (tertiary alicyclic amines) is 1. The van der Waals surface area contributed by atoms with Gasteiger partial charge < -0.3 is 10.0 Å². The number of carbonyl (C=O) groups is 2. The quantitative estimate of drug-likeness (QED) is 0.841. The number of hydrogen-bond donors (Lipinski definition) is 1. The predicted molar refractivity (Wildman–Crippen MR) is 99.5 cm³/mol. The van der Waals surface area contributed by atoms with Gasteiger partial charge in [-0.15, -0.1) is 0 Å². The summed E-state index contributed by atoms with van der Waals surface area (Å²) in [5, 5.41) is 13.1. The number of nitrogens with zero attached hydrogens (tertiary/aromatic N) is 3. The molecule has 1 aliphatic rings. The fourth-order valence-corrected chi connectivity index (χ4v) is 3.41. The van der Waals surface area contributed by atoms with Crippen molar-refractivity contribution in [2.45, 2.75) is 32.2 Å². The van der Waals surface area contributed by atoms with Crippen molar-refractivity contribution in [3.8, 4) is 0 Å². The van der Waals surface area contributed by atoms with Crippen molar-refractivity contribution in [2.75, 3.05) is 13.1 Å². The molecule has 1 fully saturated rings. The van der Waals surface area contributed by atoms with E-state index in [4.69, 9.17) is 5.11 Å². The summed E-state index contributed by atoms with van der Waals surface area (Å²) in [6, 6.07) is 12.3. The van der Waals surface area contributed by atoms with Gasteiger partial charge >= 0.3 is 5.97 Å². The van der Waals surface area contributed by atoms with E-state index in [0.717, 1.165) is 18.4 Å². The summed E-state index contributed by atoms with van der Waals surface area (Å²) in [5.41, 5.74) is 0.918. The number of hydrogen-bond acceptors (Lipinski definition) is 4. The fourth-order valence-electron chi connectivity index (χ4n) is 3.41. The van der Waals surface area contributed by atoms with Crippen molar-refractivity contribution in [3.05, 3.63) is 64.1 Å². The second-order valence-corrected chi connectivity index (χ2v) is 6.89. The fraction of sp³-hybridized carbons (Fsp3) is 0.400. The Balaban J connectivity index is 1.71. The molecule has 1 aromatic heterocycles. The molecule has 2 heterocycles. The van der Waals surface area contributed by atoms with Gasteiger partial charge in [0.1, 0.15) is 5.69 Å². The number of rotatable bonds is 6. The minimum absolute atomic E-state index is 0.118. The lowest BCUT2D eigenvalue weighted by Crippen LogP contribution is -2.41. The molecule has 0 bridgehead atoms. The van der Waals surface area contributed by atoms with E-state index in [0.29, 0.717) is 26.1 Å². The molecule has 2 aromatic rings. The van der Waals surface area contributed by atoms with Crippen molar-refractivity contribution in [2.24, 2.45) is 5.92 Å². The number of aliphatic carboxylic acids is 1. The van der Waals surface area contributed by atoms with Gasteiger partial charge in [-0.05, 0) is 36.8 Å². The number of amides is 1. The Morgan fingerprint density at radius 2 is 1.93 bits per heavy atom. The van der Waals surface area contributed by atoms with E-state index >= 15 is 0 Å². The maximum Gasteiger partial charge on any atom is 0.303 e. The van der Waals surface area contributed by atoms with Gasteiger partial charge in [0.15, 0.2) is 0 Å². The van der Waals surface area contributed by atoms with Crippen LogP contribution in [0.3, 0.4) is 0 Å². The molecule has 0 spiro atoms. The summed E-state index contributed by atoms with van der Waals surface area (Å²) in [5.74, 6) is -0.834. The van der Waals surface area contributed by atoms with Crippen LogP contribution in [0.25, 0.3) is 0 Å². The summed E-state index contributed by atoms with van der Waals surface area (Å²) in [6.07, 6.45) is 2.46. The normalized spacial score (nSPS) is 16.9. The van der Waals surface area contributed by atoms with Crippen LogP contribution in [0, 0.1) is 5.92 Å². The van der Waals surface area contributed by atoms with E-state index in [1.54, 1.807) is 4.90 Å². The van der Waals surface area contributed by atoms with Crippen LogP contribution in [0.1, 0.15) is 41.7 Å². The highest BCUT2D eigenvalue weighted by Crippen LogP contribution is 2.22. The van der Waals surface area contributed by atoms with Crippen LogP contribution >= 0.6 is 0 Å². The second kappa shape index (κ2) is 8.62. The molecule has 0 saturated carbocycles. The Labute approximate surface area is 157 Å². The molecule has 27 heavy (non-hydrogen) atoms. The van der Waals surface area contributed by atoms with Gasteiger partial charge in [0.2, 0.25) is 0 Å². The molecule has 0 radical (unpaired) electrons. The van der Waals surface area contributed by atoms with Crippen LogP contribution < -0.4 is 5.56 Å². The van der Waals surface area contributed by atoms with Gasteiger partial charge in [0, 0.05) is 25.6 Å². The van der Waals surface area contributed by atoms with E-state index in [1.165, 1.54) is 16.8 Å². The van der Waals surface area contributed by atoms with Crippen molar-refractivity contribution in [1.82, 2.24) is 14.7 Å². The zero-order chi connectivity index (χ0) is 19.2. The second-order valence-electron chi connectivity index (χ2n) is 6.89. The first-order chi connectivity index (χ1) is 13.0. The predicted octanol–water partition coefficient (Wildman–Crippen LogP) is 2.01. The van der Waals surface area contributed by atoms with E-state index in [9.17, 15) is 14.4 Å². The SMILES string of the molecule is O=C(O)CCC1CCCN(C(=O)c2ccc(=O)n(Cc3ccccc3)n2)C1. The molecule has 1 amide bonds. The number of piperidine rings is 1. The molecule has 1 saturated heterocycles. The Morgan fingerprint density at radius 1 is 1.15 bits per heavy atom. The summed E-state index contributed by atoms with van der Waals surface area (Å²) in [7, 11) is 0. The van der Waals surface area contributed by atoms with E-state index in [-0.39, 0.29) is 29.5 Å². The highest BCUT2D eigenvalue weighted by molar-refractivity contribution is 5.92. The van der Waals surface area contributed by atoms with Gasteiger partial charge in [0.05, 0.1) is 6.54 Å². The minimum Gasteiger partial charge on any atom is -0.481 e. The third-order valence-corrected chi connectivity index (χ3v) is 4.83. The molecular weight excluding hydrogens is 346 g/mol. The lowest BCUT2D eigenvalue weighted by Gasteiger charge is -2.32. The van der Waals surface area contributed by atoms with E-state index in [1.807, 2.05) is 30.3 Å². The lowest BCUT2D eigenvalue weighted by molar-refractivity contribution is -0.137. The third kappa shape index (κ3) is 5.03. The summed E-state index contributed by atoms with van der Waals surface area (Å²) >= 11 is 0. The Hall–Kier alpha value is -2.96. The first-order valence-electron chi connectivity index (χ1n) is 9.16. The maximum atomic E-state index is 12.8. The molecule has 142 valence electrons. The van der Waals surface area contributed by atoms with Gasteiger partial charge in [-0.2, -0.15) is 5.10 Å². The standard InChI is InChI=1S/C20H23N3O4/c24-18-10-9-17(21-23(18)14-15-5-2-1-3-6-15)20(27)22-12-4-7-16(13-22)8-11-19(25)26/h1-3,5-6,9-10,16H,4,7-8,11-14H2,(H,25,26). The number of carbonyl (C=O) groups excluding carboxylic acids is 1. The molecular formula is C20H23N3O4. The zero-order valence-electron chi connectivity index (χ0n) is 15.1. The number of carboxylic acid groups (broad SMARTS) is 1. The topological polar surface area (TPSA) is 92.5 Å². The van der Waals surface area contributed by atoms with Gasteiger partial charge in [-0.1, -0.05) is 30.3 Å². The summed E-state index contributed by atoms with van der Waals surface area (Å²) in [4.78, 5) is 37.4. The minimum atomic E-state index is -0.812. The molecule has 7 nitrogen and oxygen atoms in total. The summed E-state index contributed by atoms with van der Waals surface area (Å²) < 4.78 is 1.30.